The van der Waals surface area contributed by atoms with Crippen LogP contribution in [0, 0.1) is 0 Å². The molecule has 4 aromatic carbocycles. The predicted octanol–water partition coefficient (Wildman–Crippen LogP) is 7.17. The highest BCUT2D eigenvalue weighted by molar-refractivity contribution is 7.79. The lowest BCUT2D eigenvalue weighted by molar-refractivity contribution is 0.381. The Morgan fingerprint density at radius 1 is 0.500 bits per heavy atom. The van der Waals surface area contributed by atoms with Crippen LogP contribution in [0.2, 0.25) is 0 Å². The van der Waals surface area contributed by atoms with Crippen molar-refractivity contribution in [2.24, 2.45) is 0 Å². The van der Waals surface area contributed by atoms with Gasteiger partial charge in [-0.1, -0.05) is 121 Å². The smallest absolute Gasteiger partial charge is 0.394 e. The fourth-order valence-corrected chi connectivity index (χ4v) is 3.04. The monoisotopic (exact) mass is 472 g/mol. The molecule has 4 rings (SSSR count). The summed E-state index contributed by atoms with van der Waals surface area (Å²) in [4.78, 5) is 0. The normalized spacial score (nSPS) is 11.2. The van der Waals surface area contributed by atoms with E-state index in [4.69, 9.17) is 22.3 Å². The lowest BCUT2D eigenvalue weighted by atomic mass is 10.1. The molecule has 2 N–H and O–H groups in total. The second kappa shape index (κ2) is 12.3. The van der Waals surface area contributed by atoms with Crippen LogP contribution in [0.5, 0.6) is 11.5 Å². The molecular weight excluding hydrogens is 448 g/mol. The van der Waals surface area contributed by atoms with Gasteiger partial charge in [0.2, 0.25) is 0 Å². The highest BCUT2D eigenvalue weighted by Gasteiger charge is 2.05. The SMILES string of the molecule is C(=C\c1ccccc1Oc1ccccc1/C=C/c1ccccc1)/c1ccccc1.O=S(=O)(O)O. The molecule has 0 aliphatic heterocycles. The number of hydrogen-bond donors (Lipinski definition) is 2. The predicted molar refractivity (Wildman–Crippen MR) is 138 cm³/mol. The minimum Gasteiger partial charge on any atom is -0.456 e. The van der Waals surface area contributed by atoms with Gasteiger partial charge >= 0.3 is 10.4 Å². The van der Waals surface area contributed by atoms with Gasteiger partial charge in [-0.05, 0) is 23.3 Å². The average molecular weight is 473 g/mol. The Balaban J connectivity index is 0.000000588. The fourth-order valence-electron chi connectivity index (χ4n) is 3.04. The Kier molecular flexibility index (Phi) is 8.94. The zero-order valence-corrected chi connectivity index (χ0v) is 19.0. The van der Waals surface area contributed by atoms with Crippen molar-refractivity contribution in [1.82, 2.24) is 0 Å². The molecule has 0 amide bonds. The van der Waals surface area contributed by atoms with Gasteiger partial charge < -0.3 is 4.74 Å². The highest BCUT2D eigenvalue weighted by atomic mass is 32.3. The molecular formula is C28H24O5S. The summed E-state index contributed by atoms with van der Waals surface area (Å²) >= 11 is 0. The molecule has 0 aliphatic carbocycles. The van der Waals surface area contributed by atoms with Crippen LogP contribution in [0.4, 0.5) is 0 Å². The van der Waals surface area contributed by atoms with Crippen LogP contribution < -0.4 is 4.74 Å². The van der Waals surface area contributed by atoms with Crippen LogP contribution in [-0.2, 0) is 10.4 Å². The minimum atomic E-state index is -4.67. The third kappa shape index (κ3) is 8.88. The number of benzene rings is 4. The summed E-state index contributed by atoms with van der Waals surface area (Å²) in [6, 6.07) is 36.7. The molecule has 172 valence electrons. The molecule has 0 heterocycles. The van der Waals surface area contributed by atoms with Gasteiger partial charge in [-0.2, -0.15) is 8.42 Å². The number of hydrogen-bond acceptors (Lipinski definition) is 3. The van der Waals surface area contributed by atoms with Gasteiger partial charge in [0, 0.05) is 11.1 Å². The molecule has 0 aromatic heterocycles. The van der Waals surface area contributed by atoms with E-state index < -0.39 is 10.4 Å². The molecule has 0 bridgehead atoms. The van der Waals surface area contributed by atoms with Crippen LogP contribution in [-0.4, -0.2) is 17.5 Å². The second-order valence-corrected chi connectivity index (χ2v) is 8.01. The summed E-state index contributed by atoms with van der Waals surface area (Å²) in [6.45, 7) is 0. The number of ether oxygens (including phenoxy) is 1. The first kappa shape index (κ1) is 24.7. The summed E-state index contributed by atoms with van der Waals surface area (Å²) < 4.78 is 37.9. The van der Waals surface area contributed by atoms with E-state index in [1.807, 2.05) is 72.8 Å². The van der Waals surface area contributed by atoms with Crippen LogP contribution in [0.1, 0.15) is 22.3 Å². The van der Waals surface area contributed by atoms with E-state index in [0.29, 0.717) is 0 Å². The van der Waals surface area contributed by atoms with Crippen molar-refractivity contribution in [2.45, 2.75) is 0 Å². The van der Waals surface area contributed by atoms with E-state index in [9.17, 15) is 0 Å². The molecule has 0 spiro atoms. The third-order valence-electron chi connectivity index (χ3n) is 4.57. The lowest BCUT2D eigenvalue weighted by Gasteiger charge is -2.11. The second-order valence-electron chi connectivity index (χ2n) is 7.11. The van der Waals surface area contributed by atoms with Crippen LogP contribution >= 0.6 is 0 Å². The summed E-state index contributed by atoms with van der Waals surface area (Å²) in [6.07, 6.45) is 8.38. The van der Waals surface area contributed by atoms with Gasteiger partial charge in [0.15, 0.2) is 0 Å². The van der Waals surface area contributed by atoms with Crippen molar-refractivity contribution < 1.29 is 22.3 Å². The Morgan fingerprint density at radius 2 is 0.824 bits per heavy atom. The fraction of sp³-hybridized carbons (Fsp3) is 0. The van der Waals surface area contributed by atoms with Crippen molar-refractivity contribution in [3.63, 3.8) is 0 Å². The van der Waals surface area contributed by atoms with E-state index in [0.717, 1.165) is 33.8 Å². The number of para-hydroxylation sites is 2. The van der Waals surface area contributed by atoms with E-state index in [2.05, 4.69) is 60.7 Å². The minimum absolute atomic E-state index is 0.834. The Labute approximate surface area is 199 Å². The first-order valence-electron chi connectivity index (χ1n) is 10.4. The Hall–Kier alpha value is -3.97. The van der Waals surface area contributed by atoms with Crippen molar-refractivity contribution >= 4 is 34.7 Å². The molecule has 0 fully saturated rings. The molecule has 0 saturated heterocycles. The largest absolute Gasteiger partial charge is 0.456 e. The van der Waals surface area contributed by atoms with E-state index >= 15 is 0 Å². The maximum Gasteiger partial charge on any atom is 0.394 e. The Morgan fingerprint density at radius 3 is 1.21 bits per heavy atom. The molecule has 0 unspecified atom stereocenters. The standard InChI is InChI=1S/C28H22O.H2O4S/c1-3-11-23(12-4-1)19-21-25-15-7-9-17-27(25)29-28-18-10-8-16-26(28)22-20-24-13-5-2-6-14-24;1-5(2,3)4/h1-22H;(H2,1,2,3,4)/b21-19+,22-20+;. The number of rotatable bonds is 6. The van der Waals surface area contributed by atoms with Crippen LogP contribution in [0.3, 0.4) is 0 Å². The first-order valence-corrected chi connectivity index (χ1v) is 11.8. The van der Waals surface area contributed by atoms with Crippen LogP contribution in [0.25, 0.3) is 24.3 Å². The highest BCUT2D eigenvalue weighted by Crippen LogP contribution is 2.30. The molecule has 5 nitrogen and oxygen atoms in total. The van der Waals surface area contributed by atoms with Gasteiger partial charge in [-0.25, -0.2) is 0 Å². The van der Waals surface area contributed by atoms with Crippen molar-refractivity contribution in [2.75, 3.05) is 0 Å². The summed E-state index contributed by atoms with van der Waals surface area (Å²) in [5.41, 5.74) is 4.40. The van der Waals surface area contributed by atoms with Gasteiger partial charge in [0.1, 0.15) is 11.5 Å². The van der Waals surface area contributed by atoms with Gasteiger partial charge in [0.25, 0.3) is 0 Å². The van der Waals surface area contributed by atoms with Crippen molar-refractivity contribution in [1.29, 1.82) is 0 Å². The van der Waals surface area contributed by atoms with E-state index in [1.54, 1.807) is 0 Å². The first-order chi connectivity index (χ1) is 16.4. The topological polar surface area (TPSA) is 83.8 Å². The molecule has 0 aliphatic rings. The average Bonchev–Trinajstić information content (AvgIpc) is 2.83. The molecule has 4 aromatic rings. The molecule has 0 radical (unpaired) electrons. The lowest BCUT2D eigenvalue weighted by Crippen LogP contribution is -1.89. The summed E-state index contributed by atoms with van der Waals surface area (Å²) in [5, 5.41) is 0. The van der Waals surface area contributed by atoms with E-state index in [1.165, 1.54) is 0 Å². The summed E-state index contributed by atoms with van der Waals surface area (Å²) in [7, 11) is -4.67. The quantitative estimate of drug-likeness (QED) is 0.230. The molecule has 0 saturated carbocycles. The van der Waals surface area contributed by atoms with Crippen molar-refractivity contribution in [3.05, 3.63) is 131 Å². The molecule has 6 heteroatoms. The zero-order valence-electron chi connectivity index (χ0n) is 18.2. The zero-order chi connectivity index (χ0) is 24.2. The van der Waals surface area contributed by atoms with Gasteiger partial charge in [-0.3, -0.25) is 9.11 Å². The maximum atomic E-state index is 8.74. The Bertz CT molecular complexity index is 1250. The van der Waals surface area contributed by atoms with Gasteiger partial charge in [-0.15, -0.1) is 0 Å². The van der Waals surface area contributed by atoms with Crippen LogP contribution in [0.15, 0.2) is 109 Å². The maximum absolute atomic E-state index is 8.74. The van der Waals surface area contributed by atoms with Crippen molar-refractivity contribution in [3.8, 4) is 11.5 Å². The third-order valence-corrected chi connectivity index (χ3v) is 4.57. The van der Waals surface area contributed by atoms with Gasteiger partial charge in [0.05, 0.1) is 0 Å². The van der Waals surface area contributed by atoms with E-state index in [-0.39, 0.29) is 0 Å². The molecule has 34 heavy (non-hydrogen) atoms. The molecule has 0 atom stereocenters. The summed E-state index contributed by atoms with van der Waals surface area (Å²) in [5.74, 6) is 1.67.